The van der Waals surface area contributed by atoms with E-state index in [0.29, 0.717) is 31.8 Å². The lowest BCUT2D eigenvalue weighted by Crippen LogP contribution is -2.51. The quantitative estimate of drug-likeness (QED) is 0.818. The number of carbonyl (C=O) groups is 1. The van der Waals surface area contributed by atoms with Gasteiger partial charge in [0, 0.05) is 19.1 Å². The number of nitrogens with zero attached hydrogens (tertiary/aromatic N) is 1. The first-order chi connectivity index (χ1) is 11.2. The number of rotatable bonds is 5. The highest BCUT2D eigenvalue weighted by molar-refractivity contribution is 7.93. The standard InChI is InChI=1S/C18H34N2O3S/c1-13(2)17(24(22,23)16-7-5-4-6-8-16)18(21)20-11-9-15(10-12-20)14(3)19/h13-17H,4-12,19H2,1-3H3. The third-order valence-corrected chi connectivity index (χ3v) is 8.67. The van der Waals surface area contributed by atoms with Crippen molar-refractivity contribution in [2.75, 3.05) is 13.1 Å². The van der Waals surface area contributed by atoms with Gasteiger partial charge in [-0.1, -0.05) is 33.1 Å². The Bertz CT molecular complexity index is 516. The van der Waals surface area contributed by atoms with E-state index in [0.717, 1.165) is 32.1 Å². The van der Waals surface area contributed by atoms with Gasteiger partial charge in [-0.2, -0.15) is 0 Å². The topological polar surface area (TPSA) is 80.5 Å². The maximum atomic E-state index is 13.1. The number of sulfone groups is 1. The van der Waals surface area contributed by atoms with E-state index in [1.165, 1.54) is 0 Å². The average Bonchev–Trinajstić information content (AvgIpc) is 2.55. The molecule has 1 saturated heterocycles. The lowest BCUT2D eigenvalue weighted by atomic mass is 9.90. The van der Waals surface area contributed by atoms with E-state index in [2.05, 4.69) is 0 Å². The van der Waals surface area contributed by atoms with Crippen molar-refractivity contribution in [2.45, 2.75) is 82.3 Å². The second kappa shape index (κ2) is 8.17. The first-order valence-electron chi connectivity index (χ1n) is 9.52. The van der Waals surface area contributed by atoms with Crippen LogP contribution in [0.4, 0.5) is 0 Å². The molecule has 0 aromatic carbocycles. The Kier molecular flexibility index (Phi) is 6.71. The molecule has 2 N–H and O–H groups in total. The molecule has 2 unspecified atom stereocenters. The van der Waals surface area contributed by atoms with Gasteiger partial charge in [-0.15, -0.1) is 0 Å². The molecule has 0 spiro atoms. The molecule has 24 heavy (non-hydrogen) atoms. The molecular weight excluding hydrogens is 324 g/mol. The van der Waals surface area contributed by atoms with Crippen molar-refractivity contribution in [1.82, 2.24) is 4.90 Å². The van der Waals surface area contributed by atoms with Crippen molar-refractivity contribution in [3.63, 3.8) is 0 Å². The first-order valence-corrected chi connectivity index (χ1v) is 11.1. The zero-order valence-corrected chi connectivity index (χ0v) is 16.2. The Labute approximate surface area is 147 Å². The molecule has 1 heterocycles. The maximum absolute atomic E-state index is 13.1. The molecular formula is C18H34N2O3S. The van der Waals surface area contributed by atoms with E-state index in [4.69, 9.17) is 5.73 Å². The number of nitrogens with two attached hydrogens (primary N) is 1. The molecule has 1 aliphatic heterocycles. The lowest BCUT2D eigenvalue weighted by molar-refractivity contribution is -0.133. The Hall–Kier alpha value is -0.620. The van der Waals surface area contributed by atoms with Crippen LogP contribution in [0.2, 0.25) is 0 Å². The summed E-state index contributed by atoms with van der Waals surface area (Å²) in [7, 11) is -3.42. The van der Waals surface area contributed by atoms with E-state index < -0.39 is 15.1 Å². The molecule has 140 valence electrons. The molecule has 0 aromatic heterocycles. The van der Waals surface area contributed by atoms with Crippen LogP contribution in [0.25, 0.3) is 0 Å². The van der Waals surface area contributed by atoms with Gasteiger partial charge in [-0.05, 0) is 44.4 Å². The highest BCUT2D eigenvalue weighted by atomic mass is 32.2. The Morgan fingerprint density at radius 2 is 1.54 bits per heavy atom. The SMILES string of the molecule is CC(C)C(C(=O)N1CCC(C(C)N)CC1)S(=O)(=O)C1CCCCC1. The fourth-order valence-corrected chi connectivity index (χ4v) is 6.83. The largest absolute Gasteiger partial charge is 0.342 e. The van der Waals surface area contributed by atoms with Crippen molar-refractivity contribution >= 4 is 15.7 Å². The Morgan fingerprint density at radius 1 is 1.00 bits per heavy atom. The summed E-state index contributed by atoms with van der Waals surface area (Å²) in [4.78, 5) is 14.8. The summed E-state index contributed by atoms with van der Waals surface area (Å²) in [6.45, 7) is 6.99. The van der Waals surface area contributed by atoms with Crippen LogP contribution in [-0.4, -0.2) is 48.9 Å². The molecule has 2 atom stereocenters. The summed E-state index contributed by atoms with van der Waals surface area (Å²) in [5.41, 5.74) is 5.96. The molecule has 0 radical (unpaired) electrons. The van der Waals surface area contributed by atoms with Gasteiger partial charge >= 0.3 is 0 Å². The van der Waals surface area contributed by atoms with E-state index in [9.17, 15) is 13.2 Å². The van der Waals surface area contributed by atoms with Crippen LogP contribution in [0, 0.1) is 11.8 Å². The molecule has 2 fully saturated rings. The van der Waals surface area contributed by atoms with Gasteiger partial charge in [0.05, 0.1) is 5.25 Å². The molecule has 2 aliphatic rings. The fourth-order valence-electron chi connectivity index (χ4n) is 4.23. The number of likely N-dealkylation sites (tertiary alicyclic amines) is 1. The number of hydrogen-bond donors (Lipinski definition) is 1. The van der Waals surface area contributed by atoms with Crippen molar-refractivity contribution in [1.29, 1.82) is 0 Å². The predicted molar refractivity (Wildman–Crippen MR) is 97.4 cm³/mol. The van der Waals surface area contributed by atoms with Gasteiger partial charge in [0.1, 0.15) is 5.25 Å². The van der Waals surface area contributed by atoms with Crippen LogP contribution in [0.1, 0.15) is 65.7 Å². The lowest BCUT2D eigenvalue weighted by Gasteiger charge is -2.37. The van der Waals surface area contributed by atoms with Crippen LogP contribution < -0.4 is 5.73 Å². The van der Waals surface area contributed by atoms with Gasteiger partial charge in [-0.3, -0.25) is 4.79 Å². The minimum absolute atomic E-state index is 0.133. The van der Waals surface area contributed by atoms with Crippen LogP contribution in [0.5, 0.6) is 0 Å². The van der Waals surface area contributed by atoms with Crippen molar-refractivity contribution < 1.29 is 13.2 Å². The summed E-state index contributed by atoms with van der Waals surface area (Å²) < 4.78 is 26.2. The maximum Gasteiger partial charge on any atom is 0.241 e. The average molecular weight is 359 g/mol. The van der Waals surface area contributed by atoms with E-state index in [1.54, 1.807) is 4.90 Å². The highest BCUT2D eigenvalue weighted by Crippen LogP contribution is 2.31. The monoisotopic (exact) mass is 358 g/mol. The van der Waals surface area contributed by atoms with E-state index >= 15 is 0 Å². The second-order valence-corrected chi connectivity index (χ2v) is 10.4. The van der Waals surface area contributed by atoms with E-state index in [1.807, 2.05) is 20.8 Å². The van der Waals surface area contributed by atoms with Crippen molar-refractivity contribution in [3.8, 4) is 0 Å². The summed E-state index contributed by atoms with van der Waals surface area (Å²) in [5, 5.41) is -1.21. The van der Waals surface area contributed by atoms with E-state index in [-0.39, 0.29) is 23.1 Å². The zero-order valence-electron chi connectivity index (χ0n) is 15.4. The zero-order chi connectivity index (χ0) is 17.9. The van der Waals surface area contributed by atoms with Gasteiger partial charge in [0.2, 0.25) is 5.91 Å². The van der Waals surface area contributed by atoms with Crippen LogP contribution in [0.3, 0.4) is 0 Å². The van der Waals surface area contributed by atoms with Crippen LogP contribution >= 0.6 is 0 Å². The number of amides is 1. The normalized spacial score (nSPS) is 24.1. The van der Waals surface area contributed by atoms with Crippen molar-refractivity contribution in [2.24, 2.45) is 17.6 Å². The minimum atomic E-state index is -3.42. The highest BCUT2D eigenvalue weighted by Gasteiger charge is 2.43. The smallest absolute Gasteiger partial charge is 0.241 e. The van der Waals surface area contributed by atoms with Crippen molar-refractivity contribution in [3.05, 3.63) is 0 Å². The second-order valence-electron chi connectivity index (χ2n) is 8.04. The van der Waals surface area contributed by atoms with Gasteiger partial charge in [-0.25, -0.2) is 8.42 Å². The third kappa shape index (κ3) is 4.31. The van der Waals surface area contributed by atoms with Crippen LogP contribution in [0.15, 0.2) is 0 Å². The molecule has 2 rings (SSSR count). The Balaban J connectivity index is 2.11. The van der Waals surface area contributed by atoms with Gasteiger partial charge in [0.15, 0.2) is 9.84 Å². The number of piperidine rings is 1. The summed E-state index contributed by atoms with van der Waals surface area (Å²) >= 11 is 0. The molecule has 1 aliphatic carbocycles. The molecule has 6 heteroatoms. The molecule has 5 nitrogen and oxygen atoms in total. The molecule has 1 saturated carbocycles. The summed E-state index contributed by atoms with van der Waals surface area (Å²) in [6, 6.07) is 0.133. The first kappa shape index (κ1) is 19.7. The summed E-state index contributed by atoms with van der Waals surface area (Å²) in [5.74, 6) is 0.0655. The van der Waals surface area contributed by atoms with Gasteiger partial charge in [0.25, 0.3) is 0 Å². The number of hydrogen-bond acceptors (Lipinski definition) is 4. The third-order valence-electron chi connectivity index (χ3n) is 5.81. The molecule has 0 bridgehead atoms. The molecule has 0 aromatic rings. The Morgan fingerprint density at radius 3 is 2.00 bits per heavy atom. The number of carbonyl (C=O) groups excluding carboxylic acids is 1. The van der Waals surface area contributed by atoms with Gasteiger partial charge < -0.3 is 10.6 Å². The predicted octanol–water partition coefficient (Wildman–Crippen LogP) is 2.34. The minimum Gasteiger partial charge on any atom is -0.342 e. The fraction of sp³-hybridized carbons (Fsp3) is 0.944. The summed E-state index contributed by atoms with van der Waals surface area (Å²) in [6.07, 6.45) is 6.20. The van der Waals surface area contributed by atoms with Crippen LogP contribution in [-0.2, 0) is 14.6 Å². The molecule has 1 amide bonds.